The highest BCUT2D eigenvalue weighted by Crippen LogP contribution is 2.37. The predicted octanol–water partition coefficient (Wildman–Crippen LogP) is 4.04. The molecule has 0 bridgehead atoms. The molecule has 2 aromatic rings. The highest BCUT2D eigenvalue weighted by molar-refractivity contribution is 9.10. The van der Waals surface area contributed by atoms with Crippen molar-refractivity contribution >= 4 is 15.9 Å². The molecule has 0 aromatic carbocycles. The van der Waals surface area contributed by atoms with Gasteiger partial charge < -0.3 is 0 Å². The van der Waals surface area contributed by atoms with Crippen LogP contribution in [0.3, 0.4) is 0 Å². The van der Waals surface area contributed by atoms with E-state index in [1.165, 1.54) is 16.8 Å². The van der Waals surface area contributed by atoms with Gasteiger partial charge in [0, 0.05) is 0 Å². The topological polar surface area (TPSA) is 39.9 Å². The first kappa shape index (κ1) is 17.3. The molecule has 0 saturated heterocycles. The normalized spacial score (nSPS) is 20.9. The van der Waals surface area contributed by atoms with Crippen molar-refractivity contribution in [3.8, 4) is 11.4 Å². The van der Waals surface area contributed by atoms with Crippen LogP contribution in [0.15, 0.2) is 22.8 Å². The average Bonchev–Trinajstić information content (AvgIpc) is 2.82. The van der Waals surface area contributed by atoms with Gasteiger partial charge in [0.1, 0.15) is 11.5 Å². The zero-order chi connectivity index (χ0) is 17.5. The second-order valence-corrected chi connectivity index (χ2v) is 6.31. The minimum Gasteiger partial charge on any atom is -0.288 e. The molecule has 4 nitrogen and oxygen atoms in total. The van der Waals surface area contributed by atoms with Crippen molar-refractivity contribution in [2.24, 2.45) is 0 Å². The molecule has 0 spiro atoms. The Morgan fingerprint density at radius 1 is 1.33 bits per heavy atom. The molecule has 2 aromatic heterocycles. The van der Waals surface area contributed by atoms with Crippen molar-refractivity contribution in [3.63, 3.8) is 0 Å². The number of nitrogens with zero attached hydrogens (tertiary/aromatic N) is 3. The van der Waals surface area contributed by atoms with E-state index in [-0.39, 0.29) is 19.4 Å². The maximum absolute atomic E-state index is 14.6. The molecular weight excluding hydrogens is 401 g/mol. The van der Waals surface area contributed by atoms with Crippen LogP contribution in [-0.2, 0) is 17.7 Å². The van der Waals surface area contributed by atoms with Gasteiger partial charge in [-0.2, -0.15) is 5.10 Å². The number of hydrogen-bond acceptors (Lipinski definition) is 3. The molecule has 0 aliphatic carbocycles. The molecule has 3 rings (SSSR count). The quantitative estimate of drug-likeness (QED) is 0.715. The molecule has 1 unspecified atom stereocenters. The van der Waals surface area contributed by atoms with Crippen molar-refractivity contribution in [3.05, 3.63) is 34.3 Å². The predicted molar refractivity (Wildman–Crippen MR) is 77.3 cm³/mol. The van der Waals surface area contributed by atoms with Gasteiger partial charge in [0.15, 0.2) is 5.67 Å². The Bertz CT molecular complexity index is 746. The Morgan fingerprint density at radius 2 is 2.08 bits per heavy atom. The molecule has 0 amide bonds. The van der Waals surface area contributed by atoms with E-state index in [0.29, 0.717) is 21.6 Å². The van der Waals surface area contributed by atoms with Crippen LogP contribution in [0.1, 0.15) is 12.1 Å². The highest BCUT2D eigenvalue weighted by Gasteiger charge is 2.41. The van der Waals surface area contributed by atoms with Gasteiger partial charge in [0.05, 0.1) is 35.2 Å². The number of alkyl halides is 4. The summed E-state index contributed by atoms with van der Waals surface area (Å²) in [5.41, 5.74) is -0.759. The summed E-state index contributed by atoms with van der Waals surface area (Å²) in [4.78, 5) is 3.91. The van der Waals surface area contributed by atoms with Gasteiger partial charge in [-0.1, -0.05) is 0 Å². The van der Waals surface area contributed by atoms with E-state index in [1.54, 1.807) is 0 Å². The number of ether oxygens (including phenoxy) is 1. The molecule has 10 heteroatoms. The fraction of sp³-hybridized carbons (Fsp3) is 0.429. The van der Waals surface area contributed by atoms with E-state index in [4.69, 9.17) is 0 Å². The third kappa shape index (κ3) is 3.59. The number of fused-ring (bicyclic) bond motifs is 1. The minimum absolute atomic E-state index is 0.121. The second kappa shape index (κ2) is 6.07. The fourth-order valence-corrected chi connectivity index (χ4v) is 3.23. The maximum atomic E-state index is 14.6. The van der Waals surface area contributed by atoms with Crippen LogP contribution >= 0.6 is 15.9 Å². The molecule has 1 aliphatic heterocycles. The fourth-order valence-electron chi connectivity index (χ4n) is 2.54. The van der Waals surface area contributed by atoms with Crippen LogP contribution < -0.4 is 0 Å². The van der Waals surface area contributed by atoms with E-state index in [9.17, 15) is 22.0 Å². The lowest BCUT2D eigenvalue weighted by molar-refractivity contribution is -0.335. The van der Waals surface area contributed by atoms with Gasteiger partial charge in [-0.15, -0.1) is 13.2 Å². The summed E-state index contributed by atoms with van der Waals surface area (Å²) >= 11 is 3.35. The van der Waals surface area contributed by atoms with E-state index in [2.05, 4.69) is 30.7 Å². The Morgan fingerprint density at radius 3 is 2.71 bits per heavy atom. The SMILES string of the molecule is Fc1ccc(-c2nn3c(c2Br)CCC(F)(COC(F)(F)F)C3)nc1. The number of rotatable bonds is 3. The van der Waals surface area contributed by atoms with Gasteiger partial charge in [-0.05, 0) is 40.9 Å². The first-order valence-corrected chi connectivity index (χ1v) is 7.73. The van der Waals surface area contributed by atoms with Crippen LogP contribution in [0.5, 0.6) is 0 Å². The van der Waals surface area contributed by atoms with Crippen LogP contribution in [0, 0.1) is 5.82 Å². The van der Waals surface area contributed by atoms with Crippen LogP contribution in [0.2, 0.25) is 0 Å². The van der Waals surface area contributed by atoms with E-state index in [0.717, 1.165) is 6.20 Å². The summed E-state index contributed by atoms with van der Waals surface area (Å²) in [6.45, 7) is -1.45. The Labute approximate surface area is 141 Å². The van der Waals surface area contributed by atoms with E-state index in [1.807, 2.05) is 0 Å². The Balaban J connectivity index is 1.85. The van der Waals surface area contributed by atoms with E-state index < -0.39 is 24.5 Å². The summed E-state index contributed by atoms with van der Waals surface area (Å²) in [5, 5.41) is 4.20. The molecule has 130 valence electrons. The van der Waals surface area contributed by atoms with Crippen molar-refractivity contribution in [1.29, 1.82) is 0 Å². The van der Waals surface area contributed by atoms with E-state index >= 15 is 0 Å². The number of pyridine rings is 1. The molecule has 1 atom stereocenters. The molecule has 3 heterocycles. The van der Waals surface area contributed by atoms with Crippen molar-refractivity contribution in [2.75, 3.05) is 6.61 Å². The molecule has 1 aliphatic rings. The molecule has 24 heavy (non-hydrogen) atoms. The summed E-state index contributed by atoms with van der Waals surface area (Å²) in [6, 6.07) is 2.63. The first-order chi connectivity index (χ1) is 11.2. The first-order valence-electron chi connectivity index (χ1n) is 6.94. The molecular formula is C14H11BrF5N3O. The highest BCUT2D eigenvalue weighted by atomic mass is 79.9. The molecule has 0 fully saturated rings. The average molecular weight is 412 g/mol. The minimum atomic E-state index is -4.88. The molecule has 0 saturated carbocycles. The third-order valence-electron chi connectivity index (χ3n) is 3.70. The third-order valence-corrected chi connectivity index (χ3v) is 4.53. The summed E-state index contributed by atoms with van der Waals surface area (Å²) < 4.78 is 69.5. The summed E-state index contributed by atoms with van der Waals surface area (Å²) in [6.07, 6.45) is -3.79. The second-order valence-electron chi connectivity index (χ2n) is 5.51. The number of hydrogen-bond donors (Lipinski definition) is 0. The zero-order valence-electron chi connectivity index (χ0n) is 12.1. The van der Waals surface area contributed by atoms with Gasteiger partial charge >= 0.3 is 6.36 Å². The lowest BCUT2D eigenvalue weighted by Crippen LogP contribution is -2.41. The molecule has 0 radical (unpaired) electrons. The Hall–Kier alpha value is -1.55. The smallest absolute Gasteiger partial charge is 0.288 e. The van der Waals surface area contributed by atoms with Gasteiger partial charge in [-0.25, -0.2) is 8.78 Å². The lowest BCUT2D eigenvalue weighted by Gasteiger charge is -2.30. The van der Waals surface area contributed by atoms with Gasteiger partial charge in [-0.3, -0.25) is 14.4 Å². The monoisotopic (exact) mass is 411 g/mol. The van der Waals surface area contributed by atoms with Gasteiger partial charge in [0.25, 0.3) is 0 Å². The van der Waals surface area contributed by atoms with Crippen LogP contribution in [-0.4, -0.2) is 33.4 Å². The zero-order valence-corrected chi connectivity index (χ0v) is 13.7. The maximum Gasteiger partial charge on any atom is 0.522 e. The van der Waals surface area contributed by atoms with Crippen molar-refractivity contribution < 1.29 is 26.7 Å². The summed E-state index contributed by atoms with van der Waals surface area (Å²) in [7, 11) is 0. The summed E-state index contributed by atoms with van der Waals surface area (Å²) in [5.74, 6) is -0.508. The Kier molecular flexibility index (Phi) is 4.37. The van der Waals surface area contributed by atoms with Crippen LogP contribution in [0.25, 0.3) is 11.4 Å². The van der Waals surface area contributed by atoms with Crippen molar-refractivity contribution in [1.82, 2.24) is 14.8 Å². The standard InChI is InChI=1S/C14H11BrF5N3O/c15-11-10-3-4-13(17,7-24-14(18,19)20)6-23(10)22-12(11)9-2-1-8(16)5-21-9/h1-2,5H,3-4,6-7H2. The largest absolute Gasteiger partial charge is 0.522 e. The van der Waals surface area contributed by atoms with Gasteiger partial charge in [0.2, 0.25) is 0 Å². The molecule has 0 N–H and O–H groups in total. The number of aromatic nitrogens is 3. The lowest BCUT2D eigenvalue weighted by atomic mass is 9.96. The van der Waals surface area contributed by atoms with Crippen LogP contribution in [0.4, 0.5) is 22.0 Å². The number of halogens is 6. The van der Waals surface area contributed by atoms with Crippen molar-refractivity contribution in [2.45, 2.75) is 31.4 Å².